The van der Waals surface area contributed by atoms with Crippen LogP contribution in [-0.2, 0) is 0 Å². The minimum Gasteiger partial charge on any atom is -0.203 e. The van der Waals surface area contributed by atoms with Crippen LogP contribution < -0.4 is 14.6 Å². The molecule has 0 bridgehead atoms. The first-order chi connectivity index (χ1) is 5.12. The molecule has 1 heterocycles. The first-order valence-corrected chi connectivity index (χ1v) is 8.39. The predicted molar refractivity (Wildman–Crippen MR) is 54.9 cm³/mol. The van der Waals surface area contributed by atoms with Gasteiger partial charge in [0.25, 0.3) is 0 Å². The Morgan fingerprint density at radius 2 is 0.833 bits per heavy atom. The molecule has 0 aromatic heterocycles. The third kappa shape index (κ3) is 2.81. The van der Waals surface area contributed by atoms with Gasteiger partial charge in [-0.3, -0.25) is 0 Å². The van der Waals surface area contributed by atoms with Crippen molar-refractivity contribution in [3.05, 3.63) is 0 Å². The van der Waals surface area contributed by atoms with Crippen molar-refractivity contribution in [3.8, 4) is 0 Å². The summed E-state index contributed by atoms with van der Waals surface area (Å²) in [5.41, 5.74) is 0. The van der Waals surface area contributed by atoms with Crippen LogP contribution in [0.25, 0.3) is 0 Å². The lowest BCUT2D eigenvalue weighted by atomic mass is 12.0. The van der Waals surface area contributed by atoms with Crippen LogP contribution in [0.1, 0.15) is 0 Å². The first kappa shape index (κ1) is 10.6. The summed E-state index contributed by atoms with van der Waals surface area (Å²) < 4.78 is 39.3. The molecule has 0 unspecified atom stereocenters. The van der Waals surface area contributed by atoms with Gasteiger partial charge in [-0.1, -0.05) is 0 Å². The maximum atomic E-state index is 13.1. The summed E-state index contributed by atoms with van der Waals surface area (Å²) in [6.07, 6.45) is 9.00. The summed E-state index contributed by atoms with van der Waals surface area (Å²) in [5.74, 6) is 0. The van der Waals surface area contributed by atoms with Gasteiger partial charge in [0.05, 0.1) is 0 Å². The number of halogens is 3. The van der Waals surface area contributed by atoms with Gasteiger partial charge in [0.15, 0.2) is 22.5 Å². The van der Waals surface area contributed by atoms with Gasteiger partial charge in [-0.2, -0.15) is 12.6 Å². The van der Waals surface area contributed by atoms with Crippen molar-refractivity contribution in [2.45, 2.75) is 0 Å². The van der Waals surface area contributed by atoms with Crippen molar-refractivity contribution in [2.75, 3.05) is 0 Å². The van der Waals surface area contributed by atoms with E-state index in [1.165, 1.54) is 0 Å². The lowest BCUT2D eigenvalue weighted by Crippen LogP contribution is -2.29. The van der Waals surface area contributed by atoms with Gasteiger partial charge in [-0.25, -0.2) is 14.6 Å². The Kier molecular flexibility index (Phi) is 2.47. The van der Waals surface area contributed by atoms with Crippen LogP contribution in [0.4, 0.5) is 12.6 Å². The van der Waals surface area contributed by atoms with Crippen LogP contribution >= 0.6 is 22.5 Å². The number of hydrogen-bond donors (Lipinski definition) is 3. The van der Waals surface area contributed by atoms with E-state index in [0.29, 0.717) is 0 Å². The van der Waals surface area contributed by atoms with Gasteiger partial charge in [0.2, 0.25) is 0 Å². The van der Waals surface area contributed by atoms with Crippen molar-refractivity contribution in [2.24, 2.45) is 0 Å². The van der Waals surface area contributed by atoms with Crippen LogP contribution in [0.15, 0.2) is 0 Å². The van der Waals surface area contributed by atoms with Crippen molar-refractivity contribution >= 4 is 41.4 Å². The van der Waals surface area contributed by atoms with E-state index < -0.39 is 22.5 Å². The molecule has 0 aromatic rings. The van der Waals surface area contributed by atoms with Crippen molar-refractivity contribution in [1.82, 2.24) is 14.6 Å². The highest BCUT2D eigenvalue weighted by atomic mass is 31.3. The van der Waals surface area contributed by atoms with E-state index in [-0.39, 0.29) is 0 Å². The molecule has 1 aliphatic heterocycles. The Balaban J connectivity index is 3.05. The second kappa shape index (κ2) is 2.78. The topological polar surface area (TPSA) is 36.1 Å². The molecule has 0 atom stereocenters. The maximum Gasteiger partial charge on any atom is 0.184 e. The number of rotatable bonds is 0. The average Bonchev–Trinajstić information content (AvgIpc) is 1.44. The lowest BCUT2D eigenvalue weighted by Gasteiger charge is -2.35. The maximum absolute atomic E-state index is 13.1. The SMILES string of the molecule is C=P1(F)NP(=C)(F)NP(=C)(F)N1. The third-order valence-corrected chi connectivity index (χ3v) is 8.56. The summed E-state index contributed by atoms with van der Waals surface area (Å²) >= 11 is 0. The van der Waals surface area contributed by atoms with Gasteiger partial charge >= 0.3 is 0 Å². The van der Waals surface area contributed by atoms with E-state index in [9.17, 15) is 12.6 Å². The van der Waals surface area contributed by atoms with E-state index in [1.807, 2.05) is 14.6 Å². The molecule has 1 rings (SSSR count). The van der Waals surface area contributed by atoms with E-state index >= 15 is 0 Å². The largest absolute Gasteiger partial charge is 0.203 e. The molecule has 12 heavy (non-hydrogen) atoms. The zero-order valence-electron chi connectivity index (χ0n) is 6.10. The molecule has 0 saturated carbocycles. The Labute approximate surface area is 69.3 Å². The fourth-order valence-electron chi connectivity index (χ4n) is 0.821. The molecular formula is C3H9F3N3P3. The fraction of sp³-hybridized carbons (Fsp3) is 0. The van der Waals surface area contributed by atoms with Crippen LogP contribution in [0.5, 0.6) is 0 Å². The predicted octanol–water partition coefficient (Wildman–Crippen LogP) is 2.26. The Hall–Kier alpha value is 0.570. The highest BCUT2D eigenvalue weighted by molar-refractivity contribution is 7.94. The minimum atomic E-state index is -3.67. The highest BCUT2D eigenvalue weighted by Gasteiger charge is 2.36. The first-order valence-electron chi connectivity index (χ1n) is 2.80. The fourth-order valence-corrected chi connectivity index (χ4v) is 8.59. The molecule has 1 saturated heterocycles. The minimum absolute atomic E-state index is 1.88. The van der Waals surface area contributed by atoms with Crippen molar-refractivity contribution in [1.29, 1.82) is 0 Å². The molecular weight excluding hydrogens is 228 g/mol. The molecule has 0 amide bonds. The second-order valence-electron chi connectivity index (χ2n) is 2.45. The summed E-state index contributed by atoms with van der Waals surface area (Å²) in [6, 6.07) is 0. The summed E-state index contributed by atoms with van der Waals surface area (Å²) in [5, 5.41) is 0. The summed E-state index contributed by atoms with van der Waals surface area (Å²) in [6.45, 7) is 0. The van der Waals surface area contributed by atoms with Gasteiger partial charge in [-0.15, -0.1) is 0 Å². The summed E-state index contributed by atoms with van der Waals surface area (Å²) in [4.78, 5) is 5.64. The summed E-state index contributed by atoms with van der Waals surface area (Å²) in [7, 11) is -11.0. The normalized spacial score (nSPS) is 55.2. The van der Waals surface area contributed by atoms with Crippen LogP contribution in [0.2, 0.25) is 0 Å². The third-order valence-electron chi connectivity index (χ3n) is 0.951. The molecule has 1 aliphatic rings. The molecule has 0 aromatic carbocycles. The van der Waals surface area contributed by atoms with E-state index in [4.69, 9.17) is 0 Å². The monoisotopic (exact) mass is 237 g/mol. The number of nitrogens with one attached hydrogen (secondary N) is 3. The zero-order chi connectivity index (χ0) is 9.62. The molecule has 3 N–H and O–H groups in total. The lowest BCUT2D eigenvalue weighted by molar-refractivity contribution is 0.791. The second-order valence-corrected chi connectivity index (χ2v) is 9.15. The Morgan fingerprint density at radius 3 is 1.00 bits per heavy atom. The van der Waals surface area contributed by atoms with Crippen LogP contribution in [-0.4, -0.2) is 18.9 Å². The van der Waals surface area contributed by atoms with Gasteiger partial charge in [0, 0.05) is 0 Å². The van der Waals surface area contributed by atoms with E-state index in [0.717, 1.165) is 0 Å². The molecule has 0 aliphatic carbocycles. The smallest absolute Gasteiger partial charge is 0.184 e. The van der Waals surface area contributed by atoms with Crippen molar-refractivity contribution < 1.29 is 12.6 Å². The van der Waals surface area contributed by atoms with E-state index in [2.05, 4.69) is 18.9 Å². The Bertz CT molecular complexity index is 269. The average molecular weight is 237 g/mol. The quantitative estimate of drug-likeness (QED) is 0.565. The van der Waals surface area contributed by atoms with Crippen molar-refractivity contribution in [3.63, 3.8) is 0 Å². The molecule has 0 spiro atoms. The molecule has 1 fully saturated rings. The van der Waals surface area contributed by atoms with Crippen LogP contribution in [0, 0.1) is 0 Å². The molecule has 3 nitrogen and oxygen atoms in total. The van der Waals surface area contributed by atoms with Crippen LogP contribution in [0.3, 0.4) is 0 Å². The van der Waals surface area contributed by atoms with Gasteiger partial charge < -0.3 is 0 Å². The van der Waals surface area contributed by atoms with Gasteiger partial charge in [-0.05, 0) is 18.9 Å². The number of hydrogen-bond acceptors (Lipinski definition) is 3. The Morgan fingerprint density at radius 1 is 0.667 bits per heavy atom. The molecule has 0 radical (unpaired) electrons. The zero-order valence-corrected chi connectivity index (χ0v) is 8.78. The highest BCUT2D eigenvalue weighted by Crippen LogP contribution is 2.67. The van der Waals surface area contributed by atoms with E-state index in [1.54, 1.807) is 0 Å². The van der Waals surface area contributed by atoms with Gasteiger partial charge in [0.1, 0.15) is 0 Å². The molecule has 9 heteroatoms. The molecule has 72 valence electrons. The standard InChI is InChI=1S/C3H9F3N3P3/c1-10(4)7-11(2,5)9-12(3,6)8-10/h7-9H,1-3H2.